The van der Waals surface area contributed by atoms with Crippen LogP contribution in [0.2, 0.25) is 0 Å². The molecule has 14 heteroatoms. The molecular formula is C6H8BNa3O10. The molecule has 98 valence electrons. The fourth-order valence-corrected chi connectivity index (χ4v) is 0.714. The van der Waals surface area contributed by atoms with E-state index in [0.29, 0.717) is 0 Å². The summed E-state index contributed by atoms with van der Waals surface area (Å²) in [7, 11) is -2.92. The summed E-state index contributed by atoms with van der Waals surface area (Å²) in [6.45, 7) is 0. The second-order valence-electron chi connectivity index (χ2n) is 2.77. The van der Waals surface area contributed by atoms with E-state index in [4.69, 9.17) is 35.5 Å². The van der Waals surface area contributed by atoms with Crippen molar-refractivity contribution in [1.29, 1.82) is 0 Å². The number of rotatable bonds is 5. The van der Waals surface area contributed by atoms with Gasteiger partial charge in [0.1, 0.15) is 0 Å². The van der Waals surface area contributed by atoms with Gasteiger partial charge in [0, 0.05) is 0 Å². The first kappa shape index (κ1) is 33.0. The molecule has 20 heavy (non-hydrogen) atoms. The number of carboxylic acid groups (broad SMARTS) is 3. The number of carbonyl (C=O) groups is 3. The predicted octanol–water partition coefficient (Wildman–Crippen LogP) is -14.2. The molecule has 0 atom stereocenters. The fraction of sp³-hybridized carbons (Fsp3) is 0.500. The van der Waals surface area contributed by atoms with Crippen molar-refractivity contribution in [3.63, 3.8) is 0 Å². The van der Waals surface area contributed by atoms with Gasteiger partial charge in [-0.25, -0.2) is 4.79 Å². The Labute approximate surface area is 180 Å². The van der Waals surface area contributed by atoms with E-state index in [-0.39, 0.29) is 88.7 Å². The minimum atomic E-state index is -2.92. The third kappa shape index (κ3) is 21.6. The number of hydrogen-bond donors (Lipinski definition) is 4. The molecule has 0 rings (SSSR count). The second-order valence-corrected chi connectivity index (χ2v) is 2.77. The Bertz CT molecular complexity index is 280. The topological polar surface area (TPSA) is 201 Å². The molecule has 0 amide bonds. The van der Waals surface area contributed by atoms with Gasteiger partial charge >= 0.3 is 107 Å². The summed E-state index contributed by atoms with van der Waals surface area (Å²) in [5, 5.41) is 59.1. The van der Waals surface area contributed by atoms with Crippen molar-refractivity contribution in [2.45, 2.75) is 18.4 Å². The largest absolute Gasteiger partial charge is 1.00 e. The summed E-state index contributed by atoms with van der Waals surface area (Å²) in [5.41, 5.74) is -2.74. The van der Waals surface area contributed by atoms with Gasteiger partial charge in [0.25, 0.3) is 0 Å². The Morgan fingerprint density at radius 2 is 1.05 bits per heavy atom. The van der Waals surface area contributed by atoms with Gasteiger partial charge in [0.2, 0.25) is 0 Å². The number of hydrogen-bond acceptors (Lipinski definition) is 7. The van der Waals surface area contributed by atoms with Crippen LogP contribution in [0.25, 0.3) is 0 Å². The summed E-state index contributed by atoms with van der Waals surface area (Å²) in [5.74, 6) is -5.02. The Balaban J connectivity index is -0.0000000951. The smallest absolute Gasteiger partial charge is 0.907 e. The van der Waals surface area contributed by atoms with Gasteiger partial charge in [-0.2, -0.15) is 0 Å². The zero-order valence-electron chi connectivity index (χ0n) is 11.2. The van der Waals surface area contributed by atoms with E-state index in [1.54, 1.807) is 0 Å². The molecule has 0 saturated heterocycles. The van der Waals surface area contributed by atoms with Crippen LogP contribution in [-0.2, 0) is 14.4 Å². The number of carboxylic acids is 3. The Hall–Kier alpha value is 1.31. The van der Waals surface area contributed by atoms with Crippen molar-refractivity contribution in [3.05, 3.63) is 0 Å². The van der Waals surface area contributed by atoms with Crippen molar-refractivity contribution >= 4 is 25.2 Å². The molecule has 0 aromatic carbocycles. The van der Waals surface area contributed by atoms with Gasteiger partial charge in [-0.3, -0.25) is 16.9 Å². The van der Waals surface area contributed by atoms with E-state index in [2.05, 4.69) is 0 Å². The quantitative estimate of drug-likeness (QED) is 0.352. The van der Waals surface area contributed by atoms with Crippen molar-refractivity contribution in [2.24, 2.45) is 0 Å². The van der Waals surface area contributed by atoms with Crippen LogP contribution in [0.3, 0.4) is 0 Å². The fourth-order valence-electron chi connectivity index (χ4n) is 0.714. The first-order valence-corrected chi connectivity index (χ1v) is 3.88. The van der Waals surface area contributed by atoms with E-state index in [1.165, 1.54) is 0 Å². The number of aliphatic hydroxyl groups is 1. The summed E-state index contributed by atoms with van der Waals surface area (Å²) >= 11 is 0. The molecule has 0 spiro atoms. The molecule has 0 saturated carbocycles. The SMILES string of the molecule is O=C(O)CC(O)(CC(=O)O)C(=O)O.[Na+].[Na+].[Na+].[O-]B([O-])[O-]. The van der Waals surface area contributed by atoms with Crippen LogP contribution in [0.4, 0.5) is 0 Å². The monoisotopic (exact) mass is 320 g/mol. The summed E-state index contributed by atoms with van der Waals surface area (Å²) in [6.07, 6.45) is -2.29. The van der Waals surface area contributed by atoms with Gasteiger partial charge in [0.15, 0.2) is 5.60 Å². The molecule has 10 nitrogen and oxygen atoms in total. The molecule has 0 aliphatic carbocycles. The zero-order valence-corrected chi connectivity index (χ0v) is 17.2. The molecule has 0 radical (unpaired) electrons. The van der Waals surface area contributed by atoms with Gasteiger partial charge in [0.05, 0.1) is 12.8 Å². The average Bonchev–Trinajstić information content (AvgIpc) is 1.98. The summed E-state index contributed by atoms with van der Waals surface area (Å²) in [6, 6.07) is 0. The summed E-state index contributed by atoms with van der Waals surface area (Å²) < 4.78 is 0. The molecule has 0 aliphatic rings. The van der Waals surface area contributed by atoms with Gasteiger partial charge < -0.3 is 35.5 Å². The third-order valence-corrected chi connectivity index (χ3v) is 1.29. The van der Waals surface area contributed by atoms with Gasteiger partial charge in [-0.05, 0) is 0 Å². The molecular weight excluding hydrogens is 312 g/mol. The van der Waals surface area contributed by atoms with E-state index >= 15 is 0 Å². The Kier molecular flexibility index (Phi) is 27.6. The van der Waals surface area contributed by atoms with Crippen molar-refractivity contribution in [2.75, 3.05) is 0 Å². The first-order valence-electron chi connectivity index (χ1n) is 3.88. The van der Waals surface area contributed by atoms with Gasteiger partial charge in [-0.15, -0.1) is 0 Å². The molecule has 0 aliphatic heterocycles. The van der Waals surface area contributed by atoms with Crippen molar-refractivity contribution in [3.8, 4) is 0 Å². The maximum absolute atomic E-state index is 10.3. The first-order chi connectivity index (χ1) is 7.51. The van der Waals surface area contributed by atoms with Crippen molar-refractivity contribution < 1.29 is 139 Å². The minimum Gasteiger partial charge on any atom is -0.907 e. The van der Waals surface area contributed by atoms with Crippen LogP contribution >= 0.6 is 0 Å². The maximum Gasteiger partial charge on any atom is 1.00 e. The molecule has 0 aromatic heterocycles. The zero-order chi connectivity index (χ0) is 14.2. The predicted molar refractivity (Wildman–Crippen MR) is 42.8 cm³/mol. The second kappa shape index (κ2) is 16.7. The van der Waals surface area contributed by atoms with Crippen LogP contribution in [0.15, 0.2) is 0 Å². The van der Waals surface area contributed by atoms with E-state index in [0.717, 1.165) is 0 Å². The van der Waals surface area contributed by atoms with E-state index in [9.17, 15) is 14.4 Å². The molecule has 0 bridgehead atoms. The van der Waals surface area contributed by atoms with E-state index < -0.39 is 43.7 Å². The third-order valence-electron chi connectivity index (χ3n) is 1.29. The van der Waals surface area contributed by atoms with Crippen molar-refractivity contribution in [1.82, 2.24) is 0 Å². The van der Waals surface area contributed by atoms with Gasteiger partial charge in [-0.1, -0.05) is 0 Å². The maximum atomic E-state index is 10.3. The van der Waals surface area contributed by atoms with Crippen LogP contribution in [0.5, 0.6) is 0 Å². The molecule has 0 fully saturated rings. The van der Waals surface area contributed by atoms with Crippen LogP contribution < -0.4 is 104 Å². The Morgan fingerprint density at radius 1 is 0.850 bits per heavy atom. The molecule has 0 aromatic rings. The Morgan fingerprint density at radius 3 is 1.15 bits per heavy atom. The van der Waals surface area contributed by atoms with Crippen LogP contribution in [0.1, 0.15) is 12.8 Å². The minimum absolute atomic E-state index is 0. The number of aliphatic carboxylic acids is 3. The summed E-state index contributed by atoms with van der Waals surface area (Å²) in [4.78, 5) is 30.5. The average molecular weight is 320 g/mol. The molecule has 0 heterocycles. The van der Waals surface area contributed by atoms with Crippen LogP contribution in [-0.4, -0.2) is 51.3 Å². The molecule has 0 unspecified atom stereocenters. The normalized spacial score (nSPS) is 8.40. The van der Waals surface area contributed by atoms with E-state index in [1.807, 2.05) is 0 Å². The van der Waals surface area contributed by atoms with Crippen LogP contribution in [0, 0.1) is 0 Å². The standard InChI is InChI=1S/C6H8O7.BO3.3Na/c7-3(8)1-6(13,5(11)12)2-4(9)10;2-1(3)4;;;/h13H,1-2H2,(H,7,8)(H,9,10)(H,11,12);;;;/q;-3;3*+1. The molecule has 4 N–H and O–H groups in total.